The second-order valence-corrected chi connectivity index (χ2v) is 9.63. The van der Waals surface area contributed by atoms with Crippen LogP contribution in [0, 0.1) is 11.3 Å². The number of hydrogen-bond acceptors (Lipinski definition) is 4. The topological polar surface area (TPSA) is 77.8 Å². The molecule has 1 aliphatic heterocycles. The molecule has 2 heterocycles. The SMILES string of the molecule is CC(C)(C)C1CCc2sc(C(=O)N3CCC(O)(C(=O)O)CC3)cc2C1. The second kappa shape index (κ2) is 6.40. The van der Waals surface area contributed by atoms with Crippen molar-refractivity contribution in [3.63, 3.8) is 0 Å². The van der Waals surface area contributed by atoms with Crippen LogP contribution in [0.1, 0.15) is 60.1 Å². The molecule has 1 atom stereocenters. The molecule has 2 aliphatic rings. The van der Waals surface area contributed by atoms with Crippen molar-refractivity contribution in [3.8, 4) is 0 Å². The van der Waals surface area contributed by atoms with Gasteiger partial charge in [0, 0.05) is 30.8 Å². The Morgan fingerprint density at radius 2 is 1.92 bits per heavy atom. The average Bonchev–Trinajstić information content (AvgIpc) is 2.97. The van der Waals surface area contributed by atoms with Crippen LogP contribution in [0.25, 0.3) is 0 Å². The highest BCUT2D eigenvalue weighted by Gasteiger charge is 2.41. The summed E-state index contributed by atoms with van der Waals surface area (Å²) < 4.78 is 0. The standard InChI is InChI=1S/C19H27NO4S/c1-18(2,3)13-4-5-14-12(10-13)11-15(25-14)16(21)20-8-6-19(24,7-9-20)17(22)23/h11,13,24H,4-10H2,1-3H3,(H,22,23). The highest BCUT2D eigenvalue weighted by molar-refractivity contribution is 7.14. The molecule has 5 nitrogen and oxygen atoms in total. The number of rotatable bonds is 2. The molecule has 25 heavy (non-hydrogen) atoms. The highest BCUT2D eigenvalue weighted by Crippen LogP contribution is 2.40. The molecular formula is C19H27NO4S. The first-order chi connectivity index (χ1) is 11.6. The number of aryl methyl sites for hydroxylation is 1. The summed E-state index contributed by atoms with van der Waals surface area (Å²) in [6.07, 6.45) is 3.41. The largest absolute Gasteiger partial charge is 0.479 e. The van der Waals surface area contributed by atoms with Crippen LogP contribution in [0.15, 0.2) is 6.07 Å². The van der Waals surface area contributed by atoms with Crippen molar-refractivity contribution in [3.05, 3.63) is 21.4 Å². The number of carbonyl (C=O) groups is 2. The fourth-order valence-electron chi connectivity index (χ4n) is 3.82. The van der Waals surface area contributed by atoms with Crippen LogP contribution < -0.4 is 0 Å². The third-order valence-electron chi connectivity index (χ3n) is 5.79. The number of carboxylic acid groups (broad SMARTS) is 1. The third-order valence-corrected chi connectivity index (χ3v) is 7.02. The molecule has 1 aliphatic carbocycles. The van der Waals surface area contributed by atoms with Crippen LogP contribution in [0.5, 0.6) is 0 Å². The number of amides is 1. The quantitative estimate of drug-likeness (QED) is 0.845. The summed E-state index contributed by atoms with van der Waals surface area (Å²) >= 11 is 1.59. The van der Waals surface area contributed by atoms with Crippen molar-refractivity contribution in [1.82, 2.24) is 4.90 Å². The zero-order valence-corrected chi connectivity index (χ0v) is 16.0. The lowest BCUT2D eigenvalue weighted by molar-refractivity contribution is -0.162. The summed E-state index contributed by atoms with van der Waals surface area (Å²) in [5, 5.41) is 19.1. The van der Waals surface area contributed by atoms with Crippen molar-refractivity contribution < 1.29 is 19.8 Å². The molecule has 6 heteroatoms. The summed E-state index contributed by atoms with van der Waals surface area (Å²) in [4.78, 5) is 27.6. The first-order valence-corrected chi connectivity index (χ1v) is 9.78. The Labute approximate surface area is 152 Å². The lowest BCUT2D eigenvalue weighted by Gasteiger charge is -2.35. The minimum Gasteiger partial charge on any atom is -0.479 e. The van der Waals surface area contributed by atoms with Gasteiger partial charge in [0.2, 0.25) is 0 Å². The van der Waals surface area contributed by atoms with Gasteiger partial charge in [0.05, 0.1) is 4.88 Å². The second-order valence-electron chi connectivity index (χ2n) is 8.49. The van der Waals surface area contributed by atoms with E-state index in [0.717, 1.165) is 17.7 Å². The van der Waals surface area contributed by atoms with E-state index >= 15 is 0 Å². The fraction of sp³-hybridized carbons (Fsp3) is 0.684. The van der Waals surface area contributed by atoms with Gasteiger partial charge in [-0.2, -0.15) is 0 Å². The van der Waals surface area contributed by atoms with Crippen LogP contribution >= 0.6 is 11.3 Å². The summed E-state index contributed by atoms with van der Waals surface area (Å²) in [5.41, 5.74) is -0.109. The molecule has 1 saturated heterocycles. The molecular weight excluding hydrogens is 338 g/mol. The Morgan fingerprint density at radius 1 is 1.28 bits per heavy atom. The van der Waals surface area contributed by atoms with E-state index in [9.17, 15) is 14.7 Å². The maximum Gasteiger partial charge on any atom is 0.335 e. The zero-order valence-electron chi connectivity index (χ0n) is 15.2. The monoisotopic (exact) mass is 365 g/mol. The predicted octanol–water partition coefficient (Wildman–Crippen LogP) is 2.95. The first kappa shape index (κ1) is 18.4. The van der Waals surface area contributed by atoms with Gasteiger partial charge in [-0.1, -0.05) is 20.8 Å². The smallest absolute Gasteiger partial charge is 0.335 e. The van der Waals surface area contributed by atoms with E-state index in [4.69, 9.17) is 5.11 Å². The predicted molar refractivity (Wildman–Crippen MR) is 97.0 cm³/mol. The number of piperidine rings is 1. The number of thiophene rings is 1. The van der Waals surface area contributed by atoms with Gasteiger partial charge in [0.1, 0.15) is 0 Å². The van der Waals surface area contributed by atoms with E-state index in [-0.39, 0.29) is 37.3 Å². The lowest BCUT2D eigenvalue weighted by atomic mass is 9.72. The Morgan fingerprint density at radius 3 is 2.48 bits per heavy atom. The summed E-state index contributed by atoms with van der Waals surface area (Å²) in [7, 11) is 0. The van der Waals surface area contributed by atoms with E-state index in [0.29, 0.717) is 5.92 Å². The van der Waals surface area contributed by atoms with Gasteiger partial charge in [-0.05, 0) is 42.2 Å². The maximum atomic E-state index is 12.8. The zero-order chi connectivity index (χ0) is 18.4. The normalized spacial score (nSPS) is 23.2. The first-order valence-electron chi connectivity index (χ1n) is 8.97. The van der Waals surface area contributed by atoms with E-state index in [2.05, 4.69) is 20.8 Å². The number of carboxylic acids is 1. The molecule has 1 aromatic heterocycles. The Bertz CT molecular complexity index is 680. The average molecular weight is 365 g/mol. The van der Waals surface area contributed by atoms with Crippen LogP contribution in [0.3, 0.4) is 0 Å². The number of likely N-dealkylation sites (tertiary alicyclic amines) is 1. The van der Waals surface area contributed by atoms with Gasteiger partial charge in [-0.25, -0.2) is 4.79 Å². The third kappa shape index (κ3) is 3.60. The highest BCUT2D eigenvalue weighted by atomic mass is 32.1. The van der Waals surface area contributed by atoms with Crippen LogP contribution in [-0.2, 0) is 17.6 Å². The van der Waals surface area contributed by atoms with Crippen molar-refractivity contribution in [1.29, 1.82) is 0 Å². The number of nitrogens with zero attached hydrogens (tertiary/aromatic N) is 1. The summed E-state index contributed by atoms with van der Waals surface area (Å²) in [6.45, 7) is 7.40. The number of carbonyl (C=O) groups excluding carboxylic acids is 1. The molecule has 1 unspecified atom stereocenters. The molecule has 1 amide bonds. The number of hydrogen-bond donors (Lipinski definition) is 2. The lowest BCUT2D eigenvalue weighted by Crippen LogP contribution is -2.50. The fourth-order valence-corrected chi connectivity index (χ4v) is 4.99. The Kier molecular flexibility index (Phi) is 4.71. The van der Waals surface area contributed by atoms with E-state index in [1.165, 1.54) is 16.9 Å². The van der Waals surface area contributed by atoms with Crippen molar-refractivity contribution in [2.24, 2.45) is 11.3 Å². The van der Waals surface area contributed by atoms with Gasteiger partial charge in [-0.3, -0.25) is 4.79 Å². The molecule has 3 rings (SSSR count). The van der Waals surface area contributed by atoms with Gasteiger partial charge in [0.15, 0.2) is 5.60 Å². The van der Waals surface area contributed by atoms with Crippen molar-refractivity contribution in [2.45, 2.75) is 58.5 Å². The number of fused-ring (bicyclic) bond motifs is 1. The molecule has 2 N–H and O–H groups in total. The van der Waals surface area contributed by atoms with Crippen molar-refractivity contribution >= 4 is 23.2 Å². The van der Waals surface area contributed by atoms with Gasteiger partial charge in [0.25, 0.3) is 5.91 Å². The van der Waals surface area contributed by atoms with E-state index in [1.54, 1.807) is 16.2 Å². The number of aliphatic hydroxyl groups is 1. The minimum atomic E-state index is -1.69. The molecule has 0 radical (unpaired) electrons. The van der Waals surface area contributed by atoms with Crippen LogP contribution in [0.4, 0.5) is 0 Å². The molecule has 0 saturated carbocycles. The van der Waals surface area contributed by atoms with Gasteiger partial charge >= 0.3 is 5.97 Å². The van der Waals surface area contributed by atoms with Gasteiger partial charge < -0.3 is 15.1 Å². The molecule has 138 valence electrons. The van der Waals surface area contributed by atoms with E-state index in [1.807, 2.05) is 6.07 Å². The molecule has 0 aromatic carbocycles. The molecule has 0 bridgehead atoms. The Balaban J connectivity index is 1.69. The number of aliphatic carboxylic acids is 1. The van der Waals surface area contributed by atoms with Crippen LogP contribution in [-0.4, -0.2) is 45.7 Å². The molecule has 1 aromatic rings. The maximum absolute atomic E-state index is 12.8. The van der Waals surface area contributed by atoms with Gasteiger partial charge in [-0.15, -0.1) is 11.3 Å². The van der Waals surface area contributed by atoms with E-state index < -0.39 is 11.6 Å². The van der Waals surface area contributed by atoms with Crippen molar-refractivity contribution in [2.75, 3.05) is 13.1 Å². The summed E-state index contributed by atoms with van der Waals surface area (Å²) in [6, 6.07) is 2.04. The Hall–Kier alpha value is -1.40. The molecule has 1 fully saturated rings. The van der Waals surface area contributed by atoms with Crippen LogP contribution in [0.2, 0.25) is 0 Å². The minimum absolute atomic E-state index is 0.0286. The molecule has 0 spiro atoms. The summed E-state index contributed by atoms with van der Waals surface area (Å²) in [5.74, 6) is -0.586.